The van der Waals surface area contributed by atoms with Crippen LogP contribution in [-0.4, -0.2) is 34.3 Å². The number of anilines is 1. The van der Waals surface area contributed by atoms with Gasteiger partial charge in [0.1, 0.15) is 5.75 Å². The van der Waals surface area contributed by atoms with Crippen LogP contribution in [0.15, 0.2) is 24.3 Å². The minimum atomic E-state index is -1.64. The SMILES string of the molecule is CCCCCCCOc1ccc(NC(=O)C2CS2(C)O)cc1. The lowest BCUT2D eigenvalue weighted by Gasteiger charge is -2.10. The van der Waals surface area contributed by atoms with E-state index in [0.717, 1.165) is 24.5 Å². The standard InChI is InChI=1S/C17H27NO3S/c1-3-4-5-6-7-12-21-15-10-8-14(9-11-15)18-17(19)16-13-22(16,2)20/h8-11,16,20H,3-7,12-13H2,1-2H3,(H,18,19). The largest absolute Gasteiger partial charge is 0.494 e. The van der Waals surface area contributed by atoms with Crippen molar-refractivity contribution in [2.24, 2.45) is 0 Å². The molecule has 0 saturated carbocycles. The topological polar surface area (TPSA) is 58.6 Å². The summed E-state index contributed by atoms with van der Waals surface area (Å²) in [5, 5.41) is 2.64. The van der Waals surface area contributed by atoms with Gasteiger partial charge in [-0.05, 0) is 36.9 Å². The number of carbonyl (C=O) groups is 1. The number of nitrogens with one attached hydrogen (secondary N) is 1. The van der Waals surface area contributed by atoms with E-state index in [1.807, 2.05) is 24.3 Å². The average Bonchev–Trinajstić information content (AvgIpc) is 3.13. The van der Waals surface area contributed by atoms with E-state index in [4.69, 9.17) is 4.74 Å². The van der Waals surface area contributed by atoms with Gasteiger partial charge in [-0.15, -0.1) is 10.3 Å². The second-order valence-corrected chi connectivity index (χ2v) is 9.16. The number of rotatable bonds is 9. The summed E-state index contributed by atoms with van der Waals surface area (Å²) in [6.07, 6.45) is 7.89. The zero-order chi connectivity index (χ0) is 16.0. The molecule has 0 spiro atoms. The molecule has 1 aliphatic heterocycles. The van der Waals surface area contributed by atoms with E-state index < -0.39 is 10.3 Å². The molecule has 4 nitrogen and oxygen atoms in total. The number of ether oxygens (including phenoxy) is 1. The smallest absolute Gasteiger partial charge is 0.238 e. The first-order valence-corrected chi connectivity index (χ1v) is 10.3. The molecule has 5 heteroatoms. The first-order valence-electron chi connectivity index (χ1n) is 8.04. The van der Waals surface area contributed by atoms with Gasteiger partial charge in [-0.25, -0.2) is 0 Å². The van der Waals surface area contributed by atoms with Crippen LogP contribution in [0.4, 0.5) is 5.69 Å². The van der Waals surface area contributed by atoms with Gasteiger partial charge in [-0.1, -0.05) is 32.6 Å². The van der Waals surface area contributed by atoms with Crippen LogP contribution in [0, 0.1) is 0 Å². The monoisotopic (exact) mass is 325 g/mol. The fourth-order valence-electron chi connectivity index (χ4n) is 2.33. The van der Waals surface area contributed by atoms with Gasteiger partial charge in [-0.2, -0.15) is 0 Å². The van der Waals surface area contributed by atoms with Crippen molar-refractivity contribution in [3.8, 4) is 5.75 Å². The molecular weight excluding hydrogens is 298 g/mol. The highest BCUT2D eigenvalue weighted by Gasteiger charge is 2.49. The van der Waals surface area contributed by atoms with Crippen molar-refractivity contribution in [3.05, 3.63) is 24.3 Å². The molecule has 0 aromatic heterocycles. The fraction of sp³-hybridized carbons (Fsp3) is 0.588. The first kappa shape index (κ1) is 17.2. The summed E-state index contributed by atoms with van der Waals surface area (Å²) in [5.74, 6) is 1.38. The van der Waals surface area contributed by atoms with Crippen LogP contribution in [0.3, 0.4) is 0 Å². The van der Waals surface area contributed by atoms with E-state index in [1.165, 1.54) is 25.7 Å². The van der Waals surface area contributed by atoms with Crippen molar-refractivity contribution >= 4 is 21.9 Å². The summed E-state index contributed by atoms with van der Waals surface area (Å²) in [5.41, 5.74) is 0.752. The normalized spacial score (nSPS) is 26.0. The highest BCUT2D eigenvalue weighted by molar-refractivity contribution is 8.35. The Morgan fingerprint density at radius 3 is 2.50 bits per heavy atom. The number of hydrogen-bond acceptors (Lipinski definition) is 3. The number of carbonyl (C=O) groups excluding carboxylic acids is 1. The van der Waals surface area contributed by atoms with E-state index in [0.29, 0.717) is 5.75 Å². The van der Waals surface area contributed by atoms with E-state index in [9.17, 15) is 9.35 Å². The van der Waals surface area contributed by atoms with Gasteiger partial charge in [0.05, 0.1) is 11.9 Å². The minimum absolute atomic E-state index is 0.0791. The molecule has 2 N–H and O–H groups in total. The molecule has 124 valence electrons. The lowest BCUT2D eigenvalue weighted by atomic mass is 10.2. The zero-order valence-corrected chi connectivity index (χ0v) is 14.3. The number of unbranched alkanes of at least 4 members (excludes halogenated alkanes) is 4. The van der Waals surface area contributed by atoms with Crippen molar-refractivity contribution in [1.29, 1.82) is 0 Å². The Balaban J connectivity index is 1.68. The molecule has 1 amide bonds. The molecule has 2 rings (SSSR count). The van der Waals surface area contributed by atoms with E-state index >= 15 is 0 Å². The maximum atomic E-state index is 11.9. The molecule has 1 saturated heterocycles. The molecule has 0 aliphatic carbocycles. The quantitative estimate of drug-likeness (QED) is 0.527. The Morgan fingerprint density at radius 1 is 1.27 bits per heavy atom. The van der Waals surface area contributed by atoms with Crippen molar-refractivity contribution < 1.29 is 14.1 Å². The van der Waals surface area contributed by atoms with Crippen LogP contribution in [0.5, 0.6) is 5.75 Å². The first-order chi connectivity index (χ1) is 10.5. The summed E-state index contributed by atoms with van der Waals surface area (Å²) in [7, 11) is -1.64. The second kappa shape index (κ2) is 7.88. The molecule has 1 heterocycles. The van der Waals surface area contributed by atoms with Gasteiger partial charge in [0.25, 0.3) is 0 Å². The van der Waals surface area contributed by atoms with Crippen LogP contribution in [-0.2, 0) is 4.79 Å². The van der Waals surface area contributed by atoms with Crippen molar-refractivity contribution in [2.75, 3.05) is 23.9 Å². The van der Waals surface area contributed by atoms with Gasteiger partial charge >= 0.3 is 0 Å². The Labute approximate surface area is 134 Å². The van der Waals surface area contributed by atoms with E-state index in [-0.39, 0.29) is 11.2 Å². The van der Waals surface area contributed by atoms with Gasteiger partial charge in [0, 0.05) is 11.4 Å². The van der Waals surface area contributed by atoms with Crippen LogP contribution < -0.4 is 10.1 Å². The van der Waals surface area contributed by atoms with E-state index in [2.05, 4.69) is 12.2 Å². The third kappa shape index (κ3) is 5.21. The molecule has 1 aliphatic rings. The van der Waals surface area contributed by atoms with Gasteiger partial charge in [0.2, 0.25) is 5.91 Å². The summed E-state index contributed by atoms with van der Waals surface area (Å²) in [6.45, 7) is 2.95. The van der Waals surface area contributed by atoms with Crippen LogP contribution in [0.2, 0.25) is 0 Å². The third-order valence-corrected chi connectivity index (χ3v) is 6.10. The molecule has 1 fully saturated rings. The summed E-state index contributed by atoms with van der Waals surface area (Å²) in [6, 6.07) is 7.44. The number of benzene rings is 1. The number of hydrogen-bond donors (Lipinski definition) is 2. The minimum Gasteiger partial charge on any atom is -0.494 e. The summed E-state index contributed by atoms with van der Waals surface area (Å²) >= 11 is 0. The Hall–Kier alpha value is -1.20. The summed E-state index contributed by atoms with van der Waals surface area (Å²) < 4.78 is 15.5. The second-order valence-electron chi connectivity index (χ2n) is 6.04. The fourth-order valence-corrected chi connectivity index (χ4v) is 4.12. The Kier molecular flexibility index (Phi) is 6.15. The molecule has 1 aromatic carbocycles. The summed E-state index contributed by atoms with van der Waals surface area (Å²) in [4.78, 5) is 11.9. The molecule has 2 atom stereocenters. The molecule has 22 heavy (non-hydrogen) atoms. The maximum Gasteiger partial charge on any atom is 0.238 e. The zero-order valence-electron chi connectivity index (χ0n) is 13.5. The van der Waals surface area contributed by atoms with Gasteiger partial charge in [-0.3, -0.25) is 4.79 Å². The molecule has 0 radical (unpaired) electrons. The lowest BCUT2D eigenvalue weighted by Crippen LogP contribution is -2.18. The average molecular weight is 325 g/mol. The molecule has 0 bridgehead atoms. The third-order valence-electron chi connectivity index (χ3n) is 3.92. The Bertz CT molecular complexity index is 487. The lowest BCUT2D eigenvalue weighted by molar-refractivity contribution is -0.115. The van der Waals surface area contributed by atoms with Crippen molar-refractivity contribution in [3.63, 3.8) is 0 Å². The maximum absolute atomic E-state index is 11.9. The number of amides is 1. The van der Waals surface area contributed by atoms with Crippen molar-refractivity contribution in [1.82, 2.24) is 0 Å². The molecular formula is C17H27NO3S. The predicted molar refractivity (Wildman–Crippen MR) is 94.1 cm³/mol. The predicted octanol–water partition coefficient (Wildman–Crippen LogP) is 4.26. The highest BCUT2D eigenvalue weighted by Crippen LogP contribution is 2.61. The van der Waals surface area contributed by atoms with Gasteiger partial charge in [0.15, 0.2) is 0 Å². The van der Waals surface area contributed by atoms with Crippen molar-refractivity contribution in [2.45, 2.75) is 44.3 Å². The van der Waals surface area contributed by atoms with Crippen LogP contribution in [0.25, 0.3) is 0 Å². The van der Waals surface area contributed by atoms with Crippen LogP contribution in [0.1, 0.15) is 39.0 Å². The molecule has 1 aromatic rings. The molecule has 2 unspecified atom stereocenters. The van der Waals surface area contributed by atoms with E-state index in [1.54, 1.807) is 6.26 Å². The Morgan fingerprint density at radius 2 is 1.91 bits per heavy atom. The van der Waals surface area contributed by atoms with Crippen LogP contribution >= 0.6 is 10.3 Å². The highest BCUT2D eigenvalue weighted by atomic mass is 32.3. The van der Waals surface area contributed by atoms with Gasteiger partial charge < -0.3 is 14.6 Å².